The first kappa shape index (κ1) is 13.5. The highest BCUT2D eigenvalue weighted by molar-refractivity contribution is 5.73. The van der Waals surface area contributed by atoms with Gasteiger partial charge in [0.25, 0.3) is 0 Å². The quantitative estimate of drug-likeness (QED) is 0.727. The Morgan fingerprint density at radius 2 is 2.25 bits per heavy atom. The van der Waals surface area contributed by atoms with Crippen LogP contribution < -0.4 is 5.32 Å². The first-order valence-corrected chi connectivity index (χ1v) is 6.17. The molecule has 4 heteroatoms. The van der Waals surface area contributed by atoms with Gasteiger partial charge in [-0.25, -0.2) is 0 Å². The first-order valence-electron chi connectivity index (χ1n) is 6.17. The molecule has 1 aliphatic heterocycles. The number of carboxylic acid groups (broad SMARTS) is 1. The molecule has 0 saturated carbocycles. The Labute approximate surface area is 97.4 Å². The molecule has 0 spiro atoms. The average molecular weight is 229 g/mol. The molecule has 16 heavy (non-hydrogen) atoms. The first-order chi connectivity index (χ1) is 7.59. The third-order valence-corrected chi connectivity index (χ3v) is 2.87. The molecule has 0 aromatic carbocycles. The van der Waals surface area contributed by atoms with Crippen LogP contribution in [0.15, 0.2) is 0 Å². The smallest absolute Gasteiger partial charge is 0.320 e. The second kappa shape index (κ2) is 6.86. The summed E-state index contributed by atoms with van der Waals surface area (Å²) < 4.78 is 5.56. The van der Waals surface area contributed by atoms with Gasteiger partial charge in [0, 0.05) is 13.2 Å². The zero-order valence-corrected chi connectivity index (χ0v) is 10.2. The second-order valence-corrected chi connectivity index (χ2v) is 4.92. The lowest BCUT2D eigenvalue weighted by Gasteiger charge is -2.25. The number of carboxylic acids is 1. The Balaban J connectivity index is 2.28. The fraction of sp³-hybridized carbons (Fsp3) is 0.917. The van der Waals surface area contributed by atoms with Gasteiger partial charge in [0.05, 0.1) is 6.10 Å². The molecule has 0 aliphatic carbocycles. The van der Waals surface area contributed by atoms with Crippen molar-refractivity contribution in [3.8, 4) is 0 Å². The number of rotatable bonds is 6. The summed E-state index contributed by atoms with van der Waals surface area (Å²) >= 11 is 0. The van der Waals surface area contributed by atoms with Gasteiger partial charge in [0.1, 0.15) is 6.04 Å². The zero-order chi connectivity index (χ0) is 12.0. The zero-order valence-electron chi connectivity index (χ0n) is 10.2. The van der Waals surface area contributed by atoms with Crippen molar-refractivity contribution < 1.29 is 14.6 Å². The third-order valence-electron chi connectivity index (χ3n) is 2.87. The molecule has 2 N–H and O–H groups in total. The maximum atomic E-state index is 11.0. The second-order valence-electron chi connectivity index (χ2n) is 4.92. The Bertz CT molecular complexity index is 212. The van der Waals surface area contributed by atoms with E-state index in [1.807, 2.05) is 13.8 Å². The average Bonchev–Trinajstić information content (AvgIpc) is 2.25. The van der Waals surface area contributed by atoms with Crippen LogP contribution >= 0.6 is 0 Å². The Hall–Kier alpha value is -0.610. The van der Waals surface area contributed by atoms with E-state index in [-0.39, 0.29) is 6.10 Å². The molecular weight excluding hydrogens is 206 g/mol. The number of carbonyl (C=O) groups is 1. The van der Waals surface area contributed by atoms with Crippen molar-refractivity contribution in [2.45, 2.75) is 51.7 Å². The van der Waals surface area contributed by atoms with Crippen LogP contribution in [0.3, 0.4) is 0 Å². The number of ether oxygens (including phenoxy) is 1. The molecular formula is C12H23NO3. The van der Waals surface area contributed by atoms with E-state index in [1.54, 1.807) is 0 Å². The minimum Gasteiger partial charge on any atom is -0.480 e. The Kier molecular flexibility index (Phi) is 5.77. The van der Waals surface area contributed by atoms with Gasteiger partial charge < -0.3 is 15.2 Å². The lowest BCUT2D eigenvalue weighted by Crippen LogP contribution is -2.43. The maximum absolute atomic E-state index is 11.0. The standard InChI is InChI=1S/C12H23NO3/c1-9(2)7-11(12(14)15)13-8-10-5-3-4-6-16-10/h9-11,13H,3-8H2,1-2H3,(H,14,15)/t10?,11-/m0/s1. The van der Waals surface area contributed by atoms with Gasteiger partial charge in [-0.2, -0.15) is 0 Å². The fourth-order valence-corrected chi connectivity index (χ4v) is 1.98. The summed E-state index contributed by atoms with van der Waals surface area (Å²) in [5, 5.41) is 12.1. The van der Waals surface area contributed by atoms with Crippen molar-refractivity contribution in [2.24, 2.45) is 5.92 Å². The monoisotopic (exact) mass is 229 g/mol. The van der Waals surface area contributed by atoms with Gasteiger partial charge in [-0.15, -0.1) is 0 Å². The lowest BCUT2D eigenvalue weighted by molar-refractivity contribution is -0.140. The highest BCUT2D eigenvalue weighted by Gasteiger charge is 2.21. The van der Waals surface area contributed by atoms with Gasteiger partial charge in [-0.3, -0.25) is 4.79 Å². The summed E-state index contributed by atoms with van der Waals surface area (Å²) in [7, 11) is 0. The van der Waals surface area contributed by atoms with E-state index in [2.05, 4.69) is 5.32 Å². The van der Waals surface area contributed by atoms with E-state index in [4.69, 9.17) is 9.84 Å². The molecule has 0 amide bonds. The van der Waals surface area contributed by atoms with Crippen molar-refractivity contribution in [3.63, 3.8) is 0 Å². The van der Waals surface area contributed by atoms with Crippen LogP contribution in [0.1, 0.15) is 39.5 Å². The van der Waals surface area contributed by atoms with Crippen LogP contribution in [0.5, 0.6) is 0 Å². The lowest BCUT2D eigenvalue weighted by atomic mass is 10.0. The number of aliphatic carboxylic acids is 1. The predicted molar refractivity (Wildman–Crippen MR) is 62.5 cm³/mol. The van der Waals surface area contributed by atoms with E-state index in [0.717, 1.165) is 19.4 Å². The van der Waals surface area contributed by atoms with Crippen molar-refractivity contribution >= 4 is 5.97 Å². The third kappa shape index (κ3) is 4.94. The normalized spacial score (nSPS) is 23.3. The minimum atomic E-state index is -0.760. The van der Waals surface area contributed by atoms with Crippen molar-refractivity contribution in [2.75, 3.05) is 13.2 Å². The van der Waals surface area contributed by atoms with Gasteiger partial charge in [0.2, 0.25) is 0 Å². The Morgan fingerprint density at radius 3 is 2.75 bits per heavy atom. The molecule has 2 atom stereocenters. The number of hydrogen-bond acceptors (Lipinski definition) is 3. The van der Waals surface area contributed by atoms with Crippen LogP contribution in [-0.2, 0) is 9.53 Å². The summed E-state index contributed by atoms with van der Waals surface area (Å²) in [6.07, 6.45) is 4.23. The Morgan fingerprint density at radius 1 is 1.50 bits per heavy atom. The molecule has 0 aromatic rings. The van der Waals surface area contributed by atoms with Gasteiger partial charge >= 0.3 is 5.97 Å². The summed E-state index contributed by atoms with van der Waals surface area (Å²) in [6, 6.07) is -0.439. The van der Waals surface area contributed by atoms with Gasteiger partial charge in [0.15, 0.2) is 0 Å². The van der Waals surface area contributed by atoms with Crippen LogP contribution in [0.25, 0.3) is 0 Å². The molecule has 1 saturated heterocycles. The van der Waals surface area contributed by atoms with Gasteiger partial charge in [-0.05, 0) is 31.6 Å². The topological polar surface area (TPSA) is 58.6 Å². The molecule has 0 aromatic heterocycles. The summed E-state index contributed by atoms with van der Waals surface area (Å²) in [5.41, 5.74) is 0. The van der Waals surface area contributed by atoms with E-state index in [9.17, 15) is 4.79 Å². The van der Waals surface area contributed by atoms with Crippen molar-refractivity contribution in [1.29, 1.82) is 0 Å². The summed E-state index contributed by atoms with van der Waals surface area (Å²) in [6.45, 7) is 5.54. The molecule has 1 fully saturated rings. The molecule has 1 aliphatic rings. The molecule has 1 unspecified atom stereocenters. The van der Waals surface area contributed by atoms with E-state index >= 15 is 0 Å². The van der Waals surface area contributed by atoms with Gasteiger partial charge in [-0.1, -0.05) is 13.8 Å². The molecule has 0 radical (unpaired) electrons. The van der Waals surface area contributed by atoms with Crippen molar-refractivity contribution in [3.05, 3.63) is 0 Å². The largest absolute Gasteiger partial charge is 0.480 e. The minimum absolute atomic E-state index is 0.197. The molecule has 94 valence electrons. The highest BCUT2D eigenvalue weighted by Crippen LogP contribution is 2.12. The SMILES string of the molecule is CC(C)C[C@H](NCC1CCCCO1)C(=O)O. The van der Waals surface area contributed by atoms with Crippen LogP contribution in [-0.4, -0.2) is 36.4 Å². The van der Waals surface area contributed by atoms with E-state index in [1.165, 1.54) is 6.42 Å². The predicted octanol–water partition coefficient (Wildman–Crippen LogP) is 1.64. The molecule has 1 heterocycles. The maximum Gasteiger partial charge on any atom is 0.320 e. The molecule has 0 bridgehead atoms. The van der Waals surface area contributed by atoms with E-state index in [0.29, 0.717) is 18.9 Å². The fourth-order valence-electron chi connectivity index (χ4n) is 1.98. The number of nitrogens with one attached hydrogen (secondary N) is 1. The number of hydrogen-bond donors (Lipinski definition) is 2. The van der Waals surface area contributed by atoms with E-state index < -0.39 is 12.0 Å². The van der Waals surface area contributed by atoms with Crippen molar-refractivity contribution in [1.82, 2.24) is 5.32 Å². The summed E-state index contributed by atoms with van der Waals surface area (Å²) in [5.74, 6) is -0.370. The molecule has 4 nitrogen and oxygen atoms in total. The van der Waals surface area contributed by atoms with Crippen LogP contribution in [0, 0.1) is 5.92 Å². The van der Waals surface area contributed by atoms with Crippen LogP contribution in [0.4, 0.5) is 0 Å². The molecule has 1 rings (SSSR count). The highest BCUT2D eigenvalue weighted by atomic mass is 16.5. The van der Waals surface area contributed by atoms with Crippen LogP contribution in [0.2, 0.25) is 0 Å². The summed E-state index contributed by atoms with van der Waals surface area (Å²) in [4.78, 5) is 11.0.